The van der Waals surface area contributed by atoms with E-state index in [2.05, 4.69) is 80.4 Å². The third kappa shape index (κ3) is 8.14. The summed E-state index contributed by atoms with van der Waals surface area (Å²) in [4.78, 5) is 63.0. The van der Waals surface area contributed by atoms with Crippen LogP contribution in [0.3, 0.4) is 0 Å². The van der Waals surface area contributed by atoms with Gasteiger partial charge in [0, 0.05) is 25.6 Å². The zero-order valence-electron chi connectivity index (χ0n) is 34.0. The molecule has 0 aliphatic carbocycles. The average Bonchev–Trinajstić information content (AvgIpc) is 4.14. The van der Waals surface area contributed by atoms with Crippen molar-refractivity contribution in [1.29, 1.82) is 0 Å². The van der Waals surface area contributed by atoms with E-state index in [9.17, 15) is 14.4 Å². The first kappa shape index (κ1) is 39.1. The van der Waals surface area contributed by atoms with Crippen LogP contribution in [0, 0.1) is 0 Å². The highest BCUT2D eigenvalue weighted by molar-refractivity contribution is 5.86. The molecule has 0 radical (unpaired) electrons. The van der Waals surface area contributed by atoms with Gasteiger partial charge < -0.3 is 24.5 Å². The van der Waals surface area contributed by atoms with Crippen LogP contribution in [-0.4, -0.2) is 78.6 Å². The Labute approximate surface area is 350 Å². The molecule has 306 valence electrons. The summed E-state index contributed by atoms with van der Waals surface area (Å²) in [5.41, 5.74) is 7.71. The fourth-order valence-corrected chi connectivity index (χ4v) is 9.30. The van der Waals surface area contributed by atoms with Crippen LogP contribution in [0.5, 0.6) is 0 Å². The zero-order chi connectivity index (χ0) is 41.0. The molecule has 3 saturated heterocycles. The summed E-state index contributed by atoms with van der Waals surface area (Å²) in [6.45, 7) is 4.52. The lowest BCUT2D eigenvalue weighted by Gasteiger charge is -2.37. The molecule has 6 aromatic rings. The van der Waals surface area contributed by atoms with Crippen molar-refractivity contribution in [3.63, 3.8) is 0 Å². The minimum atomic E-state index is -1.000. The number of aromatic nitrogens is 4. The number of likely N-dealkylation sites (tertiary alicyclic amines) is 3. The molecule has 60 heavy (non-hydrogen) atoms. The van der Waals surface area contributed by atoms with Crippen LogP contribution in [0.25, 0.3) is 33.6 Å². The first-order chi connectivity index (χ1) is 29.4. The molecule has 2 aromatic heterocycles. The molecule has 5 heterocycles. The van der Waals surface area contributed by atoms with Crippen molar-refractivity contribution < 1.29 is 19.1 Å². The van der Waals surface area contributed by atoms with Gasteiger partial charge >= 0.3 is 5.97 Å². The van der Waals surface area contributed by atoms with E-state index in [1.54, 1.807) is 17.0 Å². The van der Waals surface area contributed by atoms with Gasteiger partial charge in [-0.3, -0.25) is 19.3 Å². The van der Waals surface area contributed by atoms with Gasteiger partial charge in [0.2, 0.25) is 12.0 Å². The number of amides is 2. The lowest BCUT2D eigenvalue weighted by atomic mass is 10.00. The van der Waals surface area contributed by atoms with Crippen molar-refractivity contribution in [1.82, 2.24) is 34.6 Å². The largest absolute Gasteiger partial charge is 0.447 e. The highest BCUT2D eigenvalue weighted by atomic mass is 16.5. The van der Waals surface area contributed by atoms with Crippen molar-refractivity contribution in [2.75, 3.05) is 26.2 Å². The number of nitrogens with zero attached hydrogens (tertiary/aromatic N) is 5. The van der Waals surface area contributed by atoms with E-state index >= 15 is 0 Å². The van der Waals surface area contributed by atoms with Crippen LogP contribution in [0.1, 0.15) is 98.9 Å². The van der Waals surface area contributed by atoms with Crippen molar-refractivity contribution in [2.45, 2.75) is 76.1 Å². The number of rotatable bonds is 11. The number of aromatic amines is 2. The standard InChI is InChI=1S/C49H51N7O4/c1-33(57)60-45(39-15-7-3-8-16-39)49(59)56-30-12-18-43(56)47-51-32-41(53-47)37-25-21-35(22-26-37)34-19-23-36(24-20-34)40-31-50-46(52-40)42-17-11-29-55(42)48(58)44(38-13-5-2-6-14-38)54-27-9-4-10-28-54/h2-3,5-8,13-16,19-26,31-32,42-45H,4,9-12,17-18,27-30H2,1H3,(H,50,52)(H,51,53)/t42-,43-,44+,45-/m0/s1. The first-order valence-corrected chi connectivity index (χ1v) is 21.3. The molecule has 2 amide bonds. The molecule has 0 saturated carbocycles. The predicted octanol–water partition coefficient (Wildman–Crippen LogP) is 8.99. The van der Waals surface area contributed by atoms with Crippen molar-refractivity contribution in [3.8, 4) is 33.6 Å². The summed E-state index contributed by atoms with van der Waals surface area (Å²) in [6.07, 6.45) is 9.62. The Kier molecular flexibility index (Phi) is 11.4. The lowest BCUT2D eigenvalue weighted by molar-refractivity contribution is -0.159. The monoisotopic (exact) mass is 801 g/mol. The minimum absolute atomic E-state index is 0.0788. The van der Waals surface area contributed by atoms with Crippen LogP contribution >= 0.6 is 0 Å². The molecule has 0 unspecified atom stereocenters. The van der Waals surface area contributed by atoms with E-state index in [0.29, 0.717) is 17.9 Å². The molecule has 4 atom stereocenters. The molecular weight excluding hydrogens is 751 g/mol. The maximum absolute atomic E-state index is 14.4. The summed E-state index contributed by atoms with van der Waals surface area (Å²) in [5.74, 6) is 0.991. The third-order valence-corrected chi connectivity index (χ3v) is 12.3. The fourth-order valence-electron chi connectivity index (χ4n) is 9.30. The Morgan fingerprint density at radius 3 is 1.53 bits per heavy atom. The van der Waals surface area contributed by atoms with Gasteiger partial charge in [-0.1, -0.05) is 116 Å². The van der Waals surface area contributed by atoms with Gasteiger partial charge in [-0.15, -0.1) is 0 Å². The van der Waals surface area contributed by atoms with Gasteiger partial charge in [0.25, 0.3) is 5.91 Å². The first-order valence-electron chi connectivity index (χ1n) is 21.3. The average molecular weight is 802 g/mol. The zero-order valence-corrected chi connectivity index (χ0v) is 34.0. The number of H-pyrrole nitrogens is 2. The van der Waals surface area contributed by atoms with E-state index in [-0.39, 0.29) is 29.9 Å². The molecule has 3 aliphatic heterocycles. The Balaban J connectivity index is 0.861. The number of benzene rings is 4. The molecule has 2 N–H and O–H groups in total. The SMILES string of the molecule is CC(=O)O[C@H](C(=O)N1CCC[C@H]1c1ncc(-c2ccc(-c3ccc(-c4cnc([C@@H]5CCCN5C(=O)[C@@H](c5ccccc5)N5CCCCC5)[nH]4)cc3)cc2)[nH]1)c1ccccc1. The highest BCUT2D eigenvalue weighted by Gasteiger charge is 2.40. The minimum Gasteiger partial charge on any atom is -0.447 e. The third-order valence-electron chi connectivity index (χ3n) is 12.3. The Morgan fingerprint density at radius 2 is 1.03 bits per heavy atom. The van der Waals surface area contributed by atoms with Crippen molar-refractivity contribution in [2.24, 2.45) is 0 Å². The number of ether oxygens (including phenoxy) is 1. The maximum Gasteiger partial charge on any atom is 0.303 e. The maximum atomic E-state index is 14.4. The summed E-state index contributed by atoms with van der Waals surface area (Å²) in [6, 6.07) is 35.7. The summed E-state index contributed by atoms with van der Waals surface area (Å²) in [5, 5.41) is 0. The fraction of sp³-hybridized carbons (Fsp3) is 0.327. The molecular formula is C49H51N7O4. The molecule has 9 rings (SSSR count). The van der Waals surface area contributed by atoms with Gasteiger partial charge in [-0.05, 0) is 79.4 Å². The molecule has 4 aromatic carbocycles. The number of hydrogen-bond donors (Lipinski definition) is 2. The second-order valence-corrected chi connectivity index (χ2v) is 16.2. The topological polar surface area (TPSA) is 128 Å². The van der Waals surface area contributed by atoms with Gasteiger partial charge in [-0.25, -0.2) is 9.97 Å². The Morgan fingerprint density at radius 1 is 0.567 bits per heavy atom. The van der Waals surface area contributed by atoms with Gasteiger partial charge in [0.15, 0.2) is 0 Å². The smallest absolute Gasteiger partial charge is 0.303 e. The van der Waals surface area contributed by atoms with Crippen LogP contribution in [-0.2, 0) is 19.1 Å². The number of imidazole rings is 2. The molecule has 11 heteroatoms. The van der Waals surface area contributed by atoms with Crippen LogP contribution in [0.15, 0.2) is 122 Å². The van der Waals surface area contributed by atoms with Crippen LogP contribution in [0.2, 0.25) is 0 Å². The molecule has 3 fully saturated rings. The quantitative estimate of drug-likeness (QED) is 0.125. The van der Waals surface area contributed by atoms with E-state index < -0.39 is 12.1 Å². The van der Waals surface area contributed by atoms with Crippen LogP contribution < -0.4 is 0 Å². The van der Waals surface area contributed by atoms with E-state index in [1.165, 1.54) is 13.3 Å². The van der Waals surface area contributed by atoms with Crippen molar-refractivity contribution >= 4 is 17.8 Å². The molecule has 11 nitrogen and oxygen atoms in total. The Hall–Kier alpha value is -6.33. The highest BCUT2D eigenvalue weighted by Crippen LogP contribution is 2.38. The van der Waals surface area contributed by atoms with Gasteiger partial charge in [-0.2, -0.15) is 0 Å². The van der Waals surface area contributed by atoms with E-state index in [0.717, 1.165) is 103 Å². The van der Waals surface area contributed by atoms with Crippen molar-refractivity contribution in [3.05, 3.63) is 144 Å². The molecule has 0 bridgehead atoms. The number of piperidine rings is 1. The number of nitrogens with one attached hydrogen (secondary N) is 2. The van der Waals surface area contributed by atoms with Gasteiger partial charge in [0.05, 0.1) is 35.9 Å². The van der Waals surface area contributed by atoms with Crippen LogP contribution in [0.4, 0.5) is 0 Å². The van der Waals surface area contributed by atoms with E-state index in [4.69, 9.17) is 14.7 Å². The normalized spacial score (nSPS) is 19.3. The number of esters is 1. The summed E-state index contributed by atoms with van der Waals surface area (Å²) >= 11 is 0. The van der Waals surface area contributed by atoms with E-state index in [1.807, 2.05) is 48.8 Å². The second-order valence-electron chi connectivity index (χ2n) is 16.2. The molecule has 3 aliphatic rings. The molecule has 0 spiro atoms. The summed E-state index contributed by atoms with van der Waals surface area (Å²) < 4.78 is 5.53. The summed E-state index contributed by atoms with van der Waals surface area (Å²) in [7, 11) is 0. The predicted molar refractivity (Wildman–Crippen MR) is 230 cm³/mol. The van der Waals surface area contributed by atoms with Gasteiger partial charge in [0.1, 0.15) is 17.7 Å². The number of hydrogen-bond acceptors (Lipinski definition) is 7. The number of carbonyl (C=O) groups excluding carboxylic acids is 3. The lowest BCUT2D eigenvalue weighted by Crippen LogP contribution is -2.44. The Bertz CT molecular complexity index is 2410. The second kappa shape index (κ2) is 17.5. The number of carbonyl (C=O) groups is 3.